The van der Waals surface area contributed by atoms with Crippen molar-refractivity contribution in [1.82, 2.24) is 10.4 Å². The Balaban J connectivity index is 1.62. The molecule has 8 heteroatoms. The number of para-hydroxylation sites is 2. The Hall–Kier alpha value is -2.38. The molecule has 1 aromatic heterocycles. The first-order valence-electron chi connectivity index (χ1n) is 7.99. The Labute approximate surface area is 159 Å². The fraction of sp³-hybridized carbons (Fsp3) is 0.167. The van der Waals surface area contributed by atoms with E-state index in [1.165, 1.54) is 30.1 Å². The number of rotatable bonds is 6. The van der Waals surface area contributed by atoms with Crippen molar-refractivity contribution in [3.8, 4) is 0 Å². The number of hydrazone groups is 1. The Morgan fingerprint density at radius 1 is 1.35 bits per heavy atom. The first-order chi connectivity index (χ1) is 12.6. The van der Waals surface area contributed by atoms with Gasteiger partial charge in [0.1, 0.15) is 5.82 Å². The average Bonchev–Trinajstić information content (AvgIpc) is 3.00. The lowest BCUT2D eigenvalue weighted by atomic mass is 10.2. The SMILES string of the molecule is CC[n+]1c(SCC(=O)NN=Cc2c(F)cccc2Cl)[nH]c2ccccc21. The summed E-state index contributed by atoms with van der Waals surface area (Å²) >= 11 is 7.28. The lowest BCUT2D eigenvalue weighted by molar-refractivity contribution is -0.705. The third kappa shape index (κ3) is 4.05. The molecular formula is C18H17ClFN4OS+. The van der Waals surface area contributed by atoms with Crippen molar-refractivity contribution < 1.29 is 13.8 Å². The minimum atomic E-state index is -0.494. The number of imidazole rings is 1. The van der Waals surface area contributed by atoms with E-state index in [1.54, 1.807) is 6.07 Å². The molecule has 1 heterocycles. The van der Waals surface area contributed by atoms with Crippen LogP contribution in [0.1, 0.15) is 12.5 Å². The van der Waals surface area contributed by atoms with Crippen LogP contribution in [0.5, 0.6) is 0 Å². The molecule has 0 fully saturated rings. The van der Waals surface area contributed by atoms with Crippen LogP contribution in [0, 0.1) is 5.82 Å². The van der Waals surface area contributed by atoms with Gasteiger partial charge in [-0.05, 0) is 43.0 Å². The maximum Gasteiger partial charge on any atom is 0.317 e. The van der Waals surface area contributed by atoms with Crippen LogP contribution in [0.15, 0.2) is 52.7 Å². The second-order valence-corrected chi connectivity index (χ2v) is 6.78. The van der Waals surface area contributed by atoms with E-state index >= 15 is 0 Å². The van der Waals surface area contributed by atoms with Crippen LogP contribution >= 0.6 is 23.4 Å². The molecule has 0 saturated heterocycles. The van der Waals surface area contributed by atoms with Crippen LogP contribution in [0.3, 0.4) is 0 Å². The summed E-state index contributed by atoms with van der Waals surface area (Å²) in [5, 5.41) is 4.91. The zero-order chi connectivity index (χ0) is 18.5. The summed E-state index contributed by atoms with van der Waals surface area (Å²) in [6.45, 7) is 2.84. The van der Waals surface area contributed by atoms with E-state index in [2.05, 4.69) is 20.1 Å². The van der Waals surface area contributed by atoms with Crippen LogP contribution in [-0.4, -0.2) is 22.9 Å². The Bertz CT molecular complexity index is 953. The van der Waals surface area contributed by atoms with Gasteiger partial charge in [-0.1, -0.05) is 29.8 Å². The number of thioether (sulfide) groups is 1. The number of hydrogen-bond acceptors (Lipinski definition) is 3. The lowest BCUT2D eigenvalue weighted by Crippen LogP contribution is -2.34. The monoisotopic (exact) mass is 391 g/mol. The molecule has 26 heavy (non-hydrogen) atoms. The zero-order valence-electron chi connectivity index (χ0n) is 14.0. The molecule has 0 atom stereocenters. The minimum Gasteiger partial charge on any atom is -0.272 e. The molecule has 0 bridgehead atoms. The first kappa shape index (κ1) is 18.4. The number of aromatic amines is 1. The lowest BCUT2D eigenvalue weighted by Gasteiger charge is -2.00. The Morgan fingerprint density at radius 2 is 2.15 bits per heavy atom. The highest BCUT2D eigenvalue weighted by molar-refractivity contribution is 7.99. The van der Waals surface area contributed by atoms with Crippen molar-refractivity contribution in [2.45, 2.75) is 18.6 Å². The van der Waals surface area contributed by atoms with Gasteiger partial charge in [0.15, 0.2) is 11.0 Å². The Kier molecular flexibility index (Phi) is 5.90. The number of nitrogens with one attached hydrogen (secondary N) is 2. The molecule has 0 spiro atoms. The fourth-order valence-corrected chi connectivity index (χ4v) is 3.61. The van der Waals surface area contributed by atoms with Crippen LogP contribution in [-0.2, 0) is 11.3 Å². The van der Waals surface area contributed by atoms with Crippen molar-refractivity contribution in [1.29, 1.82) is 0 Å². The topological polar surface area (TPSA) is 61.1 Å². The van der Waals surface area contributed by atoms with Gasteiger partial charge < -0.3 is 0 Å². The molecule has 0 aliphatic carbocycles. The third-order valence-electron chi connectivity index (χ3n) is 3.72. The highest BCUT2D eigenvalue weighted by Crippen LogP contribution is 2.18. The number of benzene rings is 2. The zero-order valence-corrected chi connectivity index (χ0v) is 15.6. The van der Waals surface area contributed by atoms with Gasteiger partial charge in [0.25, 0.3) is 5.91 Å². The van der Waals surface area contributed by atoms with Gasteiger partial charge in [0.2, 0.25) is 0 Å². The largest absolute Gasteiger partial charge is 0.317 e. The van der Waals surface area contributed by atoms with Crippen LogP contribution in [0.2, 0.25) is 5.02 Å². The van der Waals surface area contributed by atoms with Gasteiger partial charge in [0, 0.05) is 5.56 Å². The molecule has 3 aromatic rings. The molecule has 2 aromatic carbocycles. The number of carbonyl (C=O) groups is 1. The van der Waals surface area contributed by atoms with E-state index in [0.29, 0.717) is 0 Å². The molecule has 0 aliphatic heterocycles. The van der Waals surface area contributed by atoms with Crippen molar-refractivity contribution >= 4 is 46.5 Å². The van der Waals surface area contributed by atoms with Gasteiger partial charge >= 0.3 is 5.16 Å². The Morgan fingerprint density at radius 3 is 2.92 bits per heavy atom. The molecule has 2 N–H and O–H groups in total. The molecule has 5 nitrogen and oxygen atoms in total. The highest BCUT2D eigenvalue weighted by Gasteiger charge is 2.18. The van der Waals surface area contributed by atoms with E-state index < -0.39 is 5.82 Å². The van der Waals surface area contributed by atoms with E-state index in [1.807, 2.05) is 31.2 Å². The van der Waals surface area contributed by atoms with E-state index in [9.17, 15) is 9.18 Å². The van der Waals surface area contributed by atoms with Gasteiger partial charge in [-0.2, -0.15) is 5.10 Å². The van der Waals surface area contributed by atoms with Gasteiger partial charge in [-0.15, -0.1) is 0 Å². The summed E-state index contributed by atoms with van der Waals surface area (Å²) in [5.41, 5.74) is 4.63. The third-order valence-corrected chi connectivity index (χ3v) is 5.05. The molecule has 3 rings (SSSR count). The van der Waals surface area contributed by atoms with Gasteiger partial charge in [-0.3, -0.25) is 4.79 Å². The molecule has 0 unspecified atom stereocenters. The van der Waals surface area contributed by atoms with Gasteiger partial charge in [0.05, 0.1) is 23.5 Å². The number of carbonyl (C=O) groups excluding carboxylic acids is 1. The van der Waals surface area contributed by atoms with Crippen molar-refractivity contribution in [2.24, 2.45) is 5.10 Å². The second-order valence-electron chi connectivity index (χ2n) is 5.41. The van der Waals surface area contributed by atoms with Crippen LogP contribution in [0.25, 0.3) is 11.0 Å². The maximum atomic E-state index is 13.6. The van der Waals surface area contributed by atoms with Crippen LogP contribution in [0.4, 0.5) is 4.39 Å². The summed E-state index contributed by atoms with van der Waals surface area (Å²) in [5.74, 6) is -0.609. The van der Waals surface area contributed by atoms with E-state index in [0.717, 1.165) is 22.7 Å². The van der Waals surface area contributed by atoms with E-state index in [4.69, 9.17) is 11.6 Å². The summed E-state index contributed by atoms with van der Waals surface area (Å²) in [6, 6.07) is 12.3. The van der Waals surface area contributed by atoms with Gasteiger partial charge in [-0.25, -0.2) is 19.4 Å². The highest BCUT2D eigenvalue weighted by atomic mass is 35.5. The second kappa shape index (κ2) is 8.33. The predicted molar refractivity (Wildman–Crippen MR) is 102 cm³/mol. The number of hydrogen-bond donors (Lipinski definition) is 2. The molecular weight excluding hydrogens is 375 g/mol. The first-order valence-corrected chi connectivity index (χ1v) is 9.35. The quantitative estimate of drug-likeness (QED) is 0.292. The van der Waals surface area contributed by atoms with E-state index in [-0.39, 0.29) is 22.2 Å². The molecule has 0 radical (unpaired) electrons. The smallest absolute Gasteiger partial charge is 0.272 e. The summed E-state index contributed by atoms with van der Waals surface area (Å²) in [7, 11) is 0. The number of H-pyrrole nitrogens is 1. The summed E-state index contributed by atoms with van der Waals surface area (Å²) in [4.78, 5) is 15.3. The number of nitrogens with zero attached hydrogens (tertiary/aromatic N) is 2. The van der Waals surface area contributed by atoms with Crippen molar-refractivity contribution in [3.63, 3.8) is 0 Å². The minimum absolute atomic E-state index is 0.140. The van der Waals surface area contributed by atoms with Crippen molar-refractivity contribution in [3.05, 3.63) is 58.9 Å². The summed E-state index contributed by atoms with van der Waals surface area (Å²) in [6.07, 6.45) is 1.20. The molecule has 1 amide bonds. The number of amides is 1. The number of aromatic nitrogens is 2. The summed E-state index contributed by atoms with van der Waals surface area (Å²) < 4.78 is 15.7. The van der Waals surface area contributed by atoms with Crippen molar-refractivity contribution in [2.75, 3.05) is 5.75 Å². The number of fused-ring (bicyclic) bond motifs is 1. The number of halogens is 2. The predicted octanol–water partition coefficient (Wildman–Crippen LogP) is 3.51. The maximum absolute atomic E-state index is 13.6. The fourth-order valence-electron chi connectivity index (χ4n) is 2.50. The standard InChI is InChI=1S/C18H16ClFN4OS/c1-2-24-16-9-4-3-8-15(16)22-18(24)26-11-17(25)23-21-10-12-13(19)6-5-7-14(12)20/h3-10H,2,11H2,1H3,(H,23,25)/p+1. The average molecular weight is 392 g/mol. The normalized spacial score (nSPS) is 11.3. The van der Waals surface area contributed by atoms with Crippen LogP contribution < -0.4 is 9.99 Å². The molecule has 134 valence electrons. The molecule has 0 saturated carbocycles. The number of aryl methyl sites for hydroxylation is 1. The molecule has 0 aliphatic rings.